The molecule has 1 aromatic carbocycles. The van der Waals surface area contributed by atoms with E-state index in [0.29, 0.717) is 11.6 Å². The molecule has 128 valence electrons. The second-order valence-electron chi connectivity index (χ2n) is 5.28. The normalized spacial score (nSPS) is 11.8. The highest BCUT2D eigenvalue weighted by Crippen LogP contribution is 2.25. The summed E-state index contributed by atoms with van der Waals surface area (Å²) >= 11 is 4.83. The first-order valence-corrected chi connectivity index (χ1v) is 8.93. The third-order valence-corrected chi connectivity index (χ3v) is 4.75. The van der Waals surface area contributed by atoms with Crippen molar-refractivity contribution in [2.75, 3.05) is 18.9 Å². The molecule has 1 heterocycles. The Bertz CT molecular complexity index is 718. The van der Waals surface area contributed by atoms with Crippen LogP contribution >= 0.6 is 27.7 Å². The quantitative estimate of drug-likeness (QED) is 0.737. The van der Waals surface area contributed by atoms with Gasteiger partial charge < -0.3 is 14.7 Å². The van der Waals surface area contributed by atoms with Crippen LogP contribution in [-0.4, -0.2) is 40.7 Å². The molecule has 0 fully saturated rings. The molecule has 0 saturated carbocycles. The fourth-order valence-electron chi connectivity index (χ4n) is 1.98. The van der Waals surface area contributed by atoms with E-state index in [-0.39, 0.29) is 23.6 Å². The maximum atomic E-state index is 12.4. The van der Waals surface area contributed by atoms with Gasteiger partial charge in [-0.1, -0.05) is 21.1 Å². The number of rotatable bonds is 6. The number of nitrogens with one attached hydrogen (secondary N) is 1. The summed E-state index contributed by atoms with van der Waals surface area (Å²) in [6, 6.07) is 9.36. The van der Waals surface area contributed by atoms with Gasteiger partial charge in [-0.05, 0) is 38.1 Å². The number of hydrogen-bond donors (Lipinski definition) is 1. The molecule has 0 spiro atoms. The molecule has 0 aliphatic rings. The highest BCUT2D eigenvalue weighted by atomic mass is 79.9. The van der Waals surface area contributed by atoms with Crippen molar-refractivity contribution in [3.05, 3.63) is 40.6 Å². The lowest BCUT2D eigenvalue weighted by atomic mass is 10.4. The number of likely N-dealkylation sites (N-methyl/N-ethyl adjacent to an activating group) is 1. The van der Waals surface area contributed by atoms with Crippen molar-refractivity contribution in [1.29, 1.82) is 0 Å². The molecule has 2 rings (SSSR count). The lowest BCUT2D eigenvalue weighted by Gasteiger charge is -2.20. The summed E-state index contributed by atoms with van der Waals surface area (Å²) in [6.07, 6.45) is 0. The van der Waals surface area contributed by atoms with Crippen molar-refractivity contribution < 1.29 is 14.1 Å². The highest BCUT2D eigenvalue weighted by Gasteiger charge is 2.21. The van der Waals surface area contributed by atoms with Crippen LogP contribution in [-0.2, 0) is 9.59 Å². The molecule has 6 nitrogen and oxygen atoms in total. The van der Waals surface area contributed by atoms with Gasteiger partial charge in [0, 0.05) is 22.5 Å². The Labute approximate surface area is 153 Å². The molecule has 0 bridgehead atoms. The molecule has 1 N–H and O–H groups in total. The van der Waals surface area contributed by atoms with Crippen LogP contribution in [0.1, 0.15) is 12.7 Å². The number of aromatic nitrogens is 1. The zero-order valence-electron chi connectivity index (χ0n) is 13.6. The molecular weight excluding hydrogens is 394 g/mol. The van der Waals surface area contributed by atoms with E-state index >= 15 is 0 Å². The Kier molecular flexibility index (Phi) is 6.44. The molecule has 0 aliphatic carbocycles. The predicted octanol–water partition coefficient (Wildman–Crippen LogP) is 3.32. The van der Waals surface area contributed by atoms with Crippen molar-refractivity contribution in [3.8, 4) is 0 Å². The van der Waals surface area contributed by atoms with Gasteiger partial charge in [0.25, 0.3) is 0 Å². The fraction of sp³-hybridized carbons (Fsp3) is 0.312. The van der Waals surface area contributed by atoms with Crippen LogP contribution in [0.25, 0.3) is 0 Å². The summed E-state index contributed by atoms with van der Waals surface area (Å²) in [5, 5.41) is 5.99. The number of halogens is 1. The number of benzene rings is 1. The minimum atomic E-state index is -0.319. The van der Waals surface area contributed by atoms with Gasteiger partial charge in [-0.3, -0.25) is 9.59 Å². The SMILES string of the molecule is Cc1cc(NC(=O)CN(C)C(=O)C(C)Sc2ccc(Br)cc2)no1. The first kappa shape index (κ1) is 18.5. The van der Waals surface area contributed by atoms with Crippen molar-refractivity contribution in [2.24, 2.45) is 0 Å². The summed E-state index contributed by atoms with van der Waals surface area (Å²) < 4.78 is 5.87. The van der Waals surface area contributed by atoms with E-state index in [1.807, 2.05) is 31.2 Å². The maximum Gasteiger partial charge on any atom is 0.245 e. The van der Waals surface area contributed by atoms with E-state index in [4.69, 9.17) is 4.52 Å². The average Bonchev–Trinajstić information content (AvgIpc) is 2.93. The van der Waals surface area contributed by atoms with Crippen LogP contribution < -0.4 is 5.32 Å². The molecule has 2 aromatic rings. The Morgan fingerprint density at radius 1 is 1.38 bits per heavy atom. The Balaban J connectivity index is 1.86. The van der Waals surface area contributed by atoms with Gasteiger partial charge in [0.05, 0.1) is 11.8 Å². The van der Waals surface area contributed by atoms with Crippen LogP contribution in [0.5, 0.6) is 0 Å². The number of aryl methyl sites for hydroxylation is 1. The molecule has 0 radical (unpaired) electrons. The number of carbonyl (C=O) groups is 2. The Hall–Kier alpha value is -1.80. The summed E-state index contributed by atoms with van der Waals surface area (Å²) in [7, 11) is 1.61. The predicted molar refractivity (Wildman–Crippen MR) is 97.0 cm³/mol. The monoisotopic (exact) mass is 411 g/mol. The third kappa shape index (κ3) is 5.38. The van der Waals surface area contributed by atoms with Gasteiger partial charge >= 0.3 is 0 Å². The van der Waals surface area contributed by atoms with Crippen molar-refractivity contribution in [3.63, 3.8) is 0 Å². The number of hydrogen-bond acceptors (Lipinski definition) is 5. The van der Waals surface area contributed by atoms with Crippen molar-refractivity contribution in [1.82, 2.24) is 10.1 Å². The molecular formula is C16H18BrN3O3S. The number of nitrogens with zero attached hydrogens (tertiary/aromatic N) is 2. The van der Waals surface area contributed by atoms with E-state index in [0.717, 1.165) is 9.37 Å². The van der Waals surface area contributed by atoms with Gasteiger partial charge in [0.15, 0.2) is 5.82 Å². The van der Waals surface area contributed by atoms with Crippen LogP contribution in [0, 0.1) is 6.92 Å². The third-order valence-electron chi connectivity index (χ3n) is 3.13. The molecule has 0 saturated heterocycles. The minimum Gasteiger partial charge on any atom is -0.360 e. The number of amides is 2. The van der Waals surface area contributed by atoms with Crippen molar-refractivity contribution >= 4 is 45.3 Å². The van der Waals surface area contributed by atoms with E-state index in [1.165, 1.54) is 16.7 Å². The second-order valence-corrected chi connectivity index (χ2v) is 7.61. The molecule has 1 aromatic heterocycles. The number of thioether (sulfide) groups is 1. The molecule has 8 heteroatoms. The highest BCUT2D eigenvalue weighted by molar-refractivity contribution is 9.10. The van der Waals surface area contributed by atoms with Gasteiger partial charge in [0.2, 0.25) is 11.8 Å². The Morgan fingerprint density at radius 3 is 2.62 bits per heavy atom. The smallest absolute Gasteiger partial charge is 0.245 e. The topological polar surface area (TPSA) is 75.4 Å². The largest absolute Gasteiger partial charge is 0.360 e. The first-order valence-electron chi connectivity index (χ1n) is 7.25. The molecule has 0 aliphatic heterocycles. The summed E-state index contributed by atoms with van der Waals surface area (Å²) in [5.41, 5.74) is 0. The van der Waals surface area contributed by atoms with E-state index in [1.54, 1.807) is 20.0 Å². The molecule has 2 amide bonds. The van der Waals surface area contributed by atoms with Gasteiger partial charge in [-0.25, -0.2) is 0 Å². The number of anilines is 1. The average molecular weight is 412 g/mol. The van der Waals surface area contributed by atoms with Crippen LogP contribution in [0.2, 0.25) is 0 Å². The fourth-order valence-corrected chi connectivity index (χ4v) is 3.23. The van der Waals surface area contributed by atoms with Gasteiger partial charge in [0.1, 0.15) is 5.76 Å². The molecule has 24 heavy (non-hydrogen) atoms. The minimum absolute atomic E-state index is 0.0457. The lowest BCUT2D eigenvalue weighted by Crippen LogP contribution is -2.38. The summed E-state index contributed by atoms with van der Waals surface area (Å²) in [6.45, 7) is 3.51. The van der Waals surface area contributed by atoms with E-state index in [2.05, 4.69) is 26.4 Å². The van der Waals surface area contributed by atoms with Gasteiger partial charge in [-0.15, -0.1) is 11.8 Å². The number of carbonyl (C=O) groups excluding carboxylic acids is 2. The Morgan fingerprint density at radius 2 is 2.04 bits per heavy atom. The van der Waals surface area contributed by atoms with E-state index in [9.17, 15) is 9.59 Å². The van der Waals surface area contributed by atoms with Crippen LogP contribution in [0.15, 0.2) is 44.2 Å². The van der Waals surface area contributed by atoms with Crippen LogP contribution in [0.4, 0.5) is 5.82 Å². The summed E-state index contributed by atoms with van der Waals surface area (Å²) in [4.78, 5) is 26.7. The zero-order chi connectivity index (χ0) is 17.7. The summed E-state index contributed by atoms with van der Waals surface area (Å²) in [5.74, 6) is 0.513. The van der Waals surface area contributed by atoms with E-state index < -0.39 is 0 Å². The van der Waals surface area contributed by atoms with Crippen LogP contribution in [0.3, 0.4) is 0 Å². The zero-order valence-corrected chi connectivity index (χ0v) is 16.0. The second kappa shape index (κ2) is 8.34. The molecule has 1 unspecified atom stereocenters. The van der Waals surface area contributed by atoms with Gasteiger partial charge in [-0.2, -0.15) is 0 Å². The maximum absolute atomic E-state index is 12.4. The standard InChI is InChI=1S/C16H18BrN3O3S/c1-10-8-14(19-23-10)18-15(21)9-20(3)16(22)11(2)24-13-6-4-12(17)5-7-13/h4-8,11H,9H2,1-3H3,(H,18,19,21). The first-order chi connectivity index (χ1) is 11.3. The molecule has 1 atom stereocenters. The lowest BCUT2D eigenvalue weighted by molar-refractivity contribution is -0.132. The van der Waals surface area contributed by atoms with Crippen molar-refractivity contribution in [2.45, 2.75) is 24.0 Å².